The summed E-state index contributed by atoms with van der Waals surface area (Å²) in [7, 11) is 0. The van der Waals surface area contributed by atoms with Gasteiger partial charge in [-0.3, -0.25) is 0 Å². The Morgan fingerprint density at radius 2 is 2.37 bits per heavy atom. The fraction of sp³-hybridized carbons (Fsp3) is 0.308. The highest BCUT2D eigenvalue weighted by Crippen LogP contribution is 2.26. The predicted octanol–water partition coefficient (Wildman–Crippen LogP) is 1.81. The second-order valence-corrected chi connectivity index (χ2v) is 4.70. The molecule has 1 unspecified atom stereocenters. The Morgan fingerprint density at radius 1 is 1.37 bits per heavy atom. The monoisotopic (exact) mass is 255 g/mol. The standard InChI is InChI=1S/C13H13N5O/c1-2-7-18-11(5-1)9(8-15-18)13-16-12(17-19-13)10-4-3-6-14-10/h1-2,5,7-8,10,14H,3-4,6H2. The second kappa shape index (κ2) is 4.17. The molecular weight excluding hydrogens is 242 g/mol. The predicted molar refractivity (Wildman–Crippen MR) is 68.5 cm³/mol. The van der Waals surface area contributed by atoms with E-state index >= 15 is 0 Å². The summed E-state index contributed by atoms with van der Waals surface area (Å²) in [5.41, 5.74) is 1.84. The Hall–Kier alpha value is -2.21. The van der Waals surface area contributed by atoms with Crippen LogP contribution in [0.4, 0.5) is 0 Å². The summed E-state index contributed by atoms with van der Waals surface area (Å²) < 4.78 is 7.17. The third-order valence-corrected chi connectivity index (χ3v) is 3.47. The summed E-state index contributed by atoms with van der Waals surface area (Å²) in [6, 6.07) is 6.11. The molecule has 1 atom stereocenters. The average molecular weight is 255 g/mol. The van der Waals surface area contributed by atoms with Crippen molar-refractivity contribution in [3.8, 4) is 11.5 Å². The van der Waals surface area contributed by atoms with Crippen LogP contribution in [-0.2, 0) is 0 Å². The van der Waals surface area contributed by atoms with Crippen LogP contribution in [0.2, 0.25) is 0 Å². The molecule has 1 N–H and O–H groups in total. The first kappa shape index (κ1) is 10.7. The van der Waals surface area contributed by atoms with Crippen LogP contribution in [0.3, 0.4) is 0 Å². The van der Waals surface area contributed by atoms with E-state index in [1.165, 1.54) is 0 Å². The van der Waals surface area contributed by atoms with E-state index in [9.17, 15) is 0 Å². The van der Waals surface area contributed by atoms with Crippen molar-refractivity contribution in [1.82, 2.24) is 25.1 Å². The quantitative estimate of drug-likeness (QED) is 0.756. The van der Waals surface area contributed by atoms with E-state index < -0.39 is 0 Å². The molecule has 1 saturated heterocycles. The molecule has 6 nitrogen and oxygen atoms in total. The number of aromatic nitrogens is 4. The van der Waals surface area contributed by atoms with Crippen molar-refractivity contribution in [2.45, 2.75) is 18.9 Å². The Labute approximate surface area is 109 Å². The first-order valence-corrected chi connectivity index (χ1v) is 6.41. The van der Waals surface area contributed by atoms with E-state index in [4.69, 9.17) is 4.52 Å². The van der Waals surface area contributed by atoms with Gasteiger partial charge in [-0.15, -0.1) is 0 Å². The lowest BCUT2D eigenvalue weighted by Crippen LogP contribution is -2.14. The molecule has 0 saturated carbocycles. The maximum atomic E-state index is 5.38. The van der Waals surface area contributed by atoms with Crippen LogP contribution in [0.5, 0.6) is 0 Å². The van der Waals surface area contributed by atoms with Gasteiger partial charge in [0.1, 0.15) is 0 Å². The molecule has 0 bridgehead atoms. The summed E-state index contributed by atoms with van der Waals surface area (Å²) in [4.78, 5) is 4.49. The van der Waals surface area contributed by atoms with Crippen LogP contribution in [0, 0.1) is 0 Å². The van der Waals surface area contributed by atoms with Gasteiger partial charge >= 0.3 is 0 Å². The van der Waals surface area contributed by atoms with Gasteiger partial charge < -0.3 is 9.84 Å². The highest BCUT2D eigenvalue weighted by molar-refractivity contribution is 5.74. The minimum Gasteiger partial charge on any atom is -0.334 e. The summed E-state index contributed by atoms with van der Waals surface area (Å²) in [5.74, 6) is 1.27. The first-order valence-electron chi connectivity index (χ1n) is 6.41. The highest BCUT2D eigenvalue weighted by atomic mass is 16.5. The highest BCUT2D eigenvalue weighted by Gasteiger charge is 2.23. The number of rotatable bonds is 2. The summed E-state index contributed by atoms with van der Waals surface area (Å²) in [6.07, 6.45) is 5.88. The van der Waals surface area contributed by atoms with Gasteiger partial charge in [0.15, 0.2) is 5.82 Å². The van der Waals surface area contributed by atoms with Crippen LogP contribution >= 0.6 is 0 Å². The first-order chi connectivity index (χ1) is 9.42. The maximum absolute atomic E-state index is 5.38. The van der Waals surface area contributed by atoms with Crippen molar-refractivity contribution >= 4 is 5.52 Å². The molecule has 1 aliphatic rings. The Morgan fingerprint density at radius 3 is 3.26 bits per heavy atom. The largest absolute Gasteiger partial charge is 0.334 e. The number of hydrogen-bond donors (Lipinski definition) is 1. The topological polar surface area (TPSA) is 68.2 Å². The molecule has 4 rings (SSSR count). The van der Waals surface area contributed by atoms with Crippen LogP contribution in [0.25, 0.3) is 17.0 Å². The third kappa shape index (κ3) is 1.72. The van der Waals surface area contributed by atoms with Crippen molar-refractivity contribution in [2.75, 3.05) is 6.54 Å². The number of fused-ring (bicyclic) bond motifs is 1. The lowest BCUT2D eigenvalue weighted by molar-refractivity contribution is 0.412. The molecule has 96 valence electrons. The molecule has 0 aliphatic carbocycles. The van der Waals surface area contributed by atoms with Gasteiger partial charge in [0.05, 0.1) is 23.3 Å². The van der Waals surface area contributed by atoms with Crippen molar-refractivity contribution < 1.29 is 4.52 Å². The summed E-state index contributed by atoms with van der Waals surface area (Å²) in [6.45, 7) is 1.02. The third-order valence-electron chi connectivity index (χ3n) is 3.47. The van der Waals surface area contributed by atoms with E-state index in [-0.39, 0.29) is 6.04 Å². The number of pyridine rings is 1. The molecule has 4 heterocycles. The van der Waals surface area contributed by atoms with Crippen molar-refractivity contribution in [3.63, 3.8) is 0 Å². The van der Waals surface area contributed by atoms with Crippen molar-refractivity contribution in [1.29, 1.82) is 0 Å². The van der Waals surface area contributed by atoms with Gasteiger partial charge in [-0.25, -0.2) is 4.52 Å². The van der Waals surface area contributed by atoms with E-state index in [0.29, 0.717) is 5.89 Å². The average Bonchev–Trinajstić information content (AvgIpc) is 3.18. The van der Waals surface area contributed by atoms with Crippen molar-refractivity contribution in [2.24, 2.45) is 0 Å². The molecule has 6 heteroatoms. The van der Waals surface area contributed by atoms with Gasteiger partial charge in [0.25, 0.3) is 5.89 Å². The second-order valence-electron chi connectivity index (χ2n) is 4.70. The maximum Gasteiger partial charge on any atom is 0.261 e. The zero-order chi connectivity index (χ0) is 12.7. The van der Waals surface area contributed by atoms with Crippen LogP contribution in [0.15, 0.2) is 35.1 Å². The molecule has 0 spiro atoms. The fourth-order valence-corrected chi connectivity index (χ4v) is 2.49. The number of nitrogens with zero attached hydrogens (tertiary/aromatic N) is 4. The van der Waals surface area contributed by atoms with Crippen LogP contribution in [-0.4, -0.2) is 26.3 Å². The number of nitrogens with one attached hydrogen (secondary N) is 1. The Kier molecular flexibility index (Phi) is 2.34. The van der Waals surface area contributed by atoms with Crippen molar-refractivity contribution in [3.05, 3.63) is 36.4 Å². The van der Waals surface area contributed by atoms with Gasteiger partial charge in [-0.1, -0.05) is 11.2 Å². The zero-order valence-electron chi connectivity index (χ0n) is 10.3. The summed E-state index contributed by atoms with van der Waals surface area (Å²) >= 11 is 0. The molecule has 1 fully saturated rings. The lowest BCUT2D eigenvalue weighted by atomic mass is 10.2. The Bertz CT molecular complexity index is 710. The van der Waals surface area contributed by atoms with Gasteiger partial charge in [0, 0.05) is 6.20 Å². The van der Waals surface area contributed by atoms with Crippen LogP contribution < -0.4 is 5.32 Å². The summed E-state index contributed by atoms with van der Waals surface area (Å²) in [5, 5.41) is 11.7. The minimum atomic E-state index is 0.222. The zero-order valence-corrected chi connectivity index (χ0v) is 10.3. The molecule has 3 aromatic heterocycles. The Balaban J connectivity index is 1.76. The fourth-order valence-electron chi connectivity index (χ4n) is 2.49. The molecule has 3 aromatic rings. The lowest BCUT2D eigenvalue weighted by Gasteiger charge is -2.01. The van der Waals surface area contributed by atoms with Crippen LogP contribution in [0.1, 0.15) is 24.7 Å². The van der Waals surface area contributed by atoms with E-state index in [0.717, 1.165) is 36.3 Å². The SMILES string of the molecule is c1ccn2ncc(-c3nc(C4CCCN4)no3)c2c1. The van der Waals surface area contributed by atoms with Gasteiger partial charge in [-0.2, -0.15) is 10.1 Å². The van der Waals surface area contributed by atoms with E-state index in [1.54, 1.807) is 10.7 Å². The smallest absolute Gasteiger partial charge is 0.261 e. The molecule has 0 radical (unpaired) electrons. The van der Waals surface area contributed by atoms with E-state index in [1.807, 2.05) is 24.4 Å². The molecular formula is C13H13N5O. The molecule has 0 aromatic carbocycles. The molecule has 19 heavy (non-hydrogen) atoms. The minimum absolute atomic E-state index is 0.222. The molecule has 1 aliphatic heterocycles. The van der Waals surface area contributed by atoms with Gasteiger partial charge in [-0.05, 0) is 31.5 Å². The normalized spacial score (nSPS) is 19.3. The molecule has 0 amide bonds. The van der Waals surface area contributed by atoms with Gasteiger partial charge in [0.2, 0.25) is 0 Å². The number of hydrogen-bond acceptors (Lipinski definition) is 5. The van der Waals surface area contributed by atoms with E-state index in [2.05, 4.69) is 20.6 Å².